The zero-order valence-corrected chi connectivity index (χ0v) is 20.2. The van der Waals surface area contributed by atoms with Crippen LogP contribution in [0.25, 0.3) is 0 Å². The summed E-state index contributed by atoms with van der Waals surface area (Å²) in [6.07, 6.45) is 2.01. The van der Waals surface area contributed by atoms with Gasteiger partial charge in [-0.2, -0.15) is 0 Å². The largest absolute Gasteiger partial charge is 0.473 e. The number of aromatic nitrogens is 2. The van der Waals surface area contributed by atoms with E-state index in [1.54, 1.807) is 23.9 Å². The van der Waals surface area contributed by atoms with E-state index < -0.39 is 11.9 Å². The van der Waals surface area contributed by atoms with Crippen LogP contribution in [0, 0.1) is 11.7 Å². The van der Waals surface area contributed by atoms with Crippen LogP contribution in [0.4, 0.5) is 9.52 Å². The molecule has 1 amide bonds. The number of rotatable bonds is 9. The zero-order valence-electron chi connectivity index (χ0n) is 18.6. The predicted octanol–water partition coefficient (Wildman–Crippen LogP) is 2.81. The highest BCUT2D eigenvalue weighted by molar-refractivity contribution is 8.01. The number of anilines is 1. The molecule has 0 spiro atoms. The average molecular weight is 515 g/mol. The normalized spacial score (nSPS) is 14.2. The van der Waals surface area contributed by atoms with Crippen LogP contribution in [-0.2, 0) is 25.7 Å². The van der Waals surface area contributed by atoms with Crippen molar-refractivity contribution >= 4 is 46.1 Å². The highest BCUT2D eigenvalue weighted by atomic mass is 32.2. The molecule has 0 bridgehead atoms. The Hall–Kier alpha value is -2.61. The first-order valence-corrected chi connectivity index (χ1v) is 12.3. The van der Waals surface area contributed by atoms with E-state index in [0.29, 0.717) is 30.8 Å². The number of ether oxygens (including phenoxy) is 1. The third-order valence-electron chi connectivity index (χ3n) is 4.71. The minimum atomic E-state index is -1.82. The lowest BCUT2D eigenvalue weighted by Crippen LogP contribution is -2.40. The minimum absolute atomic E-state index is 0.0461. The van der Waals surface area contributed by atoms with Crippen LogP contribution >= 0.6 is 23.1 Å². The van der Waals surface area contributed by atoms with Gasteiger partial charge in [-0.25, -0.2) is 14.0 Å². The van der Waals surface area contributed by atoms with Crippen LogP contribution in [-0.4, -0.2) is 75.2 Å². The van der Waals surface area contributed by atoms with Gasteiger partial charge in [-0.1, -0.05) is 42.2 Å². The maximum absolute atomic E-state index is 12.9. The topological polar surface area (TPSA) is 142 Å². The number of carboxylic acids is 2. The zero-order chi connectivity index (χ0) is 24.9. The number of halogens is 1. The number of amides is 1. The van der Waals surface area contributed by atoms with Gasteiger partial charge in [0.25, 0.3) is 0 Å². The molecule has 186 valence electrons. The second-order valence-electron chi connectivity index (χ2n) is 7.33. The molecule has 3 rings (SSSR count). The van der Waals surface area contributed by atoms with Crippen molar-refractivity contribution in [3.8, 4) is 0 Å². The predicted molar refractivity (Wildman–Crippen MR) is 125 cm³/mol. The molecule has 1 saturated heterocycles. The molecule has 1 aliphatic rings. The van der Waals surface area contributed by atoms with Crippen molar-refractivity contribution in [1.82, 2.24) is 15.1 Å². The summed E-state index contributed by atoms with van der Waals surface area (Å²) in [5.74, 6) is -2.49. The number of carbonyl (C=O) groups excluding carboxylic acids is 1. The summed E-state index contributed by atoms with van der Waals surface area (Å²) in [7, 11) is 0. The van der Waals surface area contributed by atoms with E-state index in [1.807, 2.05) is 0 Å². The van der Waals surface area contributed by atoms with Gasteiger partial charge in [-0.05, 0) is 55.3 Å². The van der Waals surface area contributed by atoms with Crippen molar-refractivity contribution < 1.29 is 33.7 Å². The number of benzene rings is 1. The van der Waals surface area contributed by atoms with Crippen molar-refractivity contribution in [2.24, 2.45) is 5.92 Å². The third-order valence-corrected chi connectivity index (χ3v) is 6.57. The molecule has 13 heteroatoms. The monoisotopic (exact) mass is 514 g/mol. The van der Waals surface area contributed by atoms with Gasteiger partial charge < -0.3 is 14.9 Å². The van der Waals surface area contributed by atoms with Crippen molar-refractivity contribution in [3.05, 3.63) is 35.6 Å². The SMILES string of the molecule is CCSc1nnc(NC(=O)CN2CCC(COCc3ccc(F)cc3)CC2)s1.O=C(O)C(=O)O. The summed E-state index contributed by atoms with van der Waals surface area (Å²) in [6, 6.07) is 6.40. The summed E-state index contributed by atoms with van der Waals surface area (Å²) in [5, 5.41) is 26.2. The Morgan fingerprint density at radius 1 is 1.18 bits per heavy atom. The number of hydrogen-bond acceptors (Lipinski definition) is 9. The quantitative estimate of drug-likeness (QED) is 0.260. The lowest BCUT2D eigenvalue weighted by molar-refractivity contribution is -0.159. The number of carboxylic acid groups (broad SMARTS) is 2. The maximum Gasteiger partial charge on any atom is 0.414 e. The van der Waals surface area contributed by atoms with Crippen LogP contribution in [0.3, 0.4) is 0 Å². The van der Waals surface area contributed by atoms with Gasteiger partial charge in [0.1, 0.15) is 5.82 Å². The van der Waals surface area contributed by atoms with Crippen molar-refractivity contribution in [2.45, 2.75) is 30.7 Å². The van der Waals surface area contributed by atoms with Gasteiger partial charge in [0.05, 0.1) is 13.2 Å². The molecule has 10 nitrogen and oxygen atoms in total. The molecule has 2 aromatic rings. The van der Waals surface area contributed by atoms with Gasteiger partial charge >= 0.3 is 11.9 Å². The molecule has 0 saturated carbocycles. The number of likely N-dealkylation sites (tertiary alicyclic amines) is 1. The molecule has 1 aromatic heterocycles. The molecule has 1 aliphatic heterocycles. The number of aliphatic carboxylic acids is 2. The summed E-state index contributed by atoms with van der Waals surface area (Å²) in [4.78, 5) is 32.6. The van der Waals surface area contributed by atoms with Crippen molar-refractivity contribution in [2.75, 3.05) is 37.3 Å². The van der Waals surface area contributed by atoms with Crippen LogP contribution in [0.5, 0.6) is 0 Å². The molecule has 1 fully saturated rings. The Morgan fingerprint density at radius 3 is 2.41 bits per heavy atom. The number of carbonyl (C=O) groups is 3. The number of hydrogen-bond donors (Lipinski definition) is 3. The van der Waals surface area contributed by atoms with Gasteiger partial charge in [0, 0.05) is 6.61 Å². The fourth-order valence-corrected chi connectivity index (χ4v) is 4.70. The summed E-state index contributed by atoms with van der Waals surface area (Å²) < 4.78 is 19.6. The highest BCUT2D eigenvalue weighted by Crippen LogP contribution is 2.25. The summed E-state index contributed by atoms with van der Waals surface area (Å²) in [5.41, 5.74) is 0.979. The second-order valence-corrected chi connectivity index (χ2v) is 9.81. The van der Waals surface area contributed by atoms with Crippen LogP contribution in [0.15, 0.2) is 28.6 Å². The van der Waals surface area contributed by atoms with Crippen LogP contribution < -0.4 is 5.32 Å². The van der Waals surface area contributed by atoms with E-state index in [-0.39, 0.29) is 11.7 Å². The smallest absolute Gasteiger partial charge is 0.414 e. The highest BCUT2D eigenvalue weighted by Gasteiger charge is 2.21. The number of thioether (sulfide) groups is 1. The molecular weight excluding hydrogens is 487 g/mol. The van der Waals surface area contributed by atoms with E-state index in [9.17, 15) is 9.18 Å². The Bertz CT molecular complexity index is 924. The average Bonchev–Trinajstić information content (AvgIpc) is 3.23. The molecule has 1 aromatic carbocycles. The van der Waals surface area contributed by atoms with Gasteiger partial charge in [-0.15, -0.1) is 10.2 Å². The first-order chi connectivity index (χ1) is 16.3. The number of piperidine rings is 1. The number of nitrogens with zero attached hydrogens (tertiary/aromatic N) is 3. The third kappa shape index (κ3) is 10.5. The standard InChI is InChI=1S/C19H25FN4O2S2.C2H2O4/c1-2-27-19-23-22-18(28-19)21-17(25)11-24-9-7-15(8-10-24)13-26-12-14-3-5-16(20)6-4-14;3-1(4)2(5)6/h3-6,15H,2,7-13H2,1H3,(H,21,22,25);(H,3,4)(H,5,6). The summed E-state index contributed by atoms with van der Waals surface area (Å²) in [6.45, 7) is 5.39. The van der Waals surface area contributed by atoms with Crippen LogP contribution in [0.1, 0.15) is 25.3 Å². The van der Waals surface area contributed by atoms with Gasteiger partial charge in [0.2, 0.25) is 11.0 Å². The molecule has 3 N–H and O–H groups in total. The Morgan fingerprint density at radius 2 is 1.82 bits per heavy atom. The molecule has 0 radical (unpaired) electrons. The van der Waals surface area contributed by atoms with E-state index in [0.717, 1.165) is 41.6 Å². The maximum atomic E-state index is 12.9. The van der Waals surface area contributed by atoms with Gasteiger partial charge in [-0.3, -0.25) is 15.0 Å². The lowest BCUT2D eigenvalue weighted by atomic mass is 9.98. The molecule has 2 heterocycles. The fraction of sp³-hybridized carbons (Fsp3) is 0.476. The molecular formula is C21H27FN4O6S2. The summed E-state index contributed by atoms with van der Waals surface area (Å²) >= 11 is 3.03. The molecule has 0 unspecified atom stereocenters. The first kappa shape index (κ1) is 27.6. The minimum Gasteiger partial charge on any atom is -0.473 e. The Balaban J connectivity index is 0.000000604. The molecule has 0 atom stereocenters. The van der Waals surface area contributed by atoms with E-state index in [4.69, 9.17) is 24.5 Å². The Labute approximate surface area is 204 Å². The molecule has 0 aliphatic carbocycles. The lowest BCUT2D eigenvalue weighted by Gasteiger charge is -2.31. The van der Waals surface area contributed by atoms with E-state index >= 15 is 0 Å². The Kier molecular flexibility index (Phi) is 11.9. The second kappa shape index (κ2) is 14.6. The van der Waals surface area contributed by atoms with E-state index in [2.05, 4.69) is 27.3 Å². The first-order valence-electron chi connectivity index (χ1n) is 10.5. The van der Waals surface area contributed by atoms with E-state index in [1.165, 1.54) is 23.5 Å². The molecule has 34 heavy (non-hydrogen) atoms. The van der Waals surface area contributed by atoms with Crippen LogP contribution in [0.2, 0.25) is 0 Å². The fourth-order valence-electron chi connectivity index (χ4n) is 3.04. The van der Waals surface area contributed by atoms with Crippen molar-refractivity contribution in [1.29, 1.82) is 0 Å². The van der Waals surface area contributed by atoms with Gasteiger partial charge in [0.15, 0.2) is 4.34 Å². The van der Waals surface area contributed by atoms with Crippen molar-refractivity contribution in [3.63, 3.8) is 0 Å². The number of nitrogens with one attached hydrogen (secondary N) is 1.